The van der Waals surface area contributed by atoms with Crippen molar-refractivity contribution in [3.05, 3.63) is 42.1 Å². The summed E-state index contributed by atoms with van der Waals surface area (Å²) in [7, 11) is 0. The SMILES string of the molecule is N#CC1COCCN1Cc1ccc2ccccc2n1. The molecular formula is C15H15N3O. The molecule has 1 aliphatic rings. The van der Waals surface area contributed by atoms with E-state index in [9.17, 15) is 0 Å². The highest BCUT2D eigenvalue weighted by Gasteiger charge is 2.22. The van der Waals surface area contributed by atoms with Gasteiger partial charge in [-0.2, -0.15) is 5.26 Å². The van der Waals surface area contributed by atoms with Crippen molar-refractivity contribution in [1.29, 1.82) is 5.26 Å². The van der Waals surface area contributed by atoms with E-state index in [2.05, 4.69) is 28.1 Å². The van der Waals surface area contributed by atoms with E-state index in [1.54, 1.807) is 0 Å². The molecule has 0 bridgehead atoms. The zero-order valence-corrected chi connectivity index (χ0v) is 10.6. The molecule has 0 spiro atoms. The minimum Gasteiger partial charge on any atom is -0.377 e. The van der Waals surface area contributed by atoms with Crippen molar-refractivity contribution < 1.29 is 4.74 Å². The van der Waals surface area contributed by atoms with Crippen LogP contribution in [0.3, 0.4) is 0 Å². The van der Waals surface area contributed by atoms with Gasteiger partial charge in [0.2, 0.25) is 0 Å². The van der Waals surface area contributed by atoms with E-state index < -0.39 is 0 Å². The third kappa shape index (κ3) is 2.58. The van der Waals surface area contributed by atoms with E-state index in [1.807, 2.05) is 24.3 Å². The summed E-state index contributed by atoms with van der Waals surface area (Å²) in [6, 6.07) is 14.3. The van der Waals surface area contributed by atoms with Crippen molar-refractivity contribution in [2.24, 2.45) is 0 Å². The fourth-order valence-corrected chi connectivity index (χ4v) is 2.35. The maximum atomic E-state index is 9.12. The lowest BCUT2D eigenvalue weighted by molar-refractivity contribution is 0.00839. The molecule has 0 amide bonds. The van der Waals surface area contributed by atoms with Gasteiger partial charge in [0.1, 0.15) is 6.04 Å². The lowest BCUT2D eigenvalue weighted by atomic mass is 10.2. The van der Waals surface area contributed by atoms with Crippen LogP contribution in [0.4, 0.5) is 0 Å². The van der Waals surface area contributed by atoms with Gasteiger partial charge < -0.3 is 4.74 Å². The zero-order valence-electron chi connectivity index (χ0n) is 10.6. The van der Waals surface area contributed by atoms with Crippen molar-refractivity contribution >= 4 is 10.9 Å². The Morgan fingerprint density at radius 2 is 2.21 bits per heavy atom. The smallest absolute Gasteiger partial charge is 0.122 e. The van der Waals surface area contributed by atoms with Gasteiger partial charge in [0.25, 0.3) is 0 Å². The molecule has 1 fully saturated rings. The summed E-state index contributed by atoms with van der Waals surface area (Å²) < 4.78 is 5.33. The summed E-state index contributed by atoms with van der Waals surface area (Å²) in [4.78, 5) is 6.77. The molecule has 2 heterocycles. The normalized spacial score (nSPS) is 20.3. The van der Waals surface area contributed by atoms with E-state index in [0.29, 0.717) is 19.8 Å². The maximum Gasteiger partial charge on any atom is 0.122 e. The van der Waals surface area contributed by atoms with E-state index in [0.717, 1.165) is 23.1 Å². The summed E-state index contributed by atoms with van der Waals surface area (Å²) in [5.74, 6) is 0. The Hall–Kier alpha value is -1.96. The molecule has 1 unspecified atom stereocenters. The summed E-state index contributed by atoms with van der Waals surface area (Å²) in [5.41, 5.74) is 2.00. The predicted octanol–water partition coefficient (Wildman–Crippen LogP) is 1.96. The summed E-state index contributed by atoms with van der Waals surface area (Å²) in [6.07, 6.45) is 0. The molecule has 0 radical (unpaired) electrons. The molecular weight excluding hydrogens is 238 g/mol. The van der Waals surface area contributed by atoms with Crippen LogP contribution in [0, 0.1) is 11.3 Å². The summed E-state index contributed by atoms with van der Waals surface area (Å²) >= 11 is 0. The lowest BCUT2D eigenvalue weighted by Gasteiger charge is -2.30. The van der Waals surface area contributed by atoms with E-state index in [4.69, 9.17) is 10.00 Å². The molecule has 2 aromatic rings. The number of morpholine rings is 1. The van der Waals surface area contributed by atoms with Crippen molar-refractivity contribution in [3.8, 4) is 6.07 Å². The van der Waals surface area contributed by atoms with Crippen LogP contribution in [0.2, 0.25) is 0 Å². The molecule has 3 rings (SSSR count). The Morgan fingerprint density at radius 1 is 1.32 bits per heavy atom. The molecule has 4 nitrogen and oxygen atoms in total. The van der Waals surface area contributed by atoms with Crippen LogP contribution in [0.5, 0.6) is 0 Å². The number of hydrogen-bond acceptors (Lipinski definition) is 4. The van der Waals surface area contributed by atoms with E-state index in [1.165, 1.54) is 0 Å². The second-order valence-corrected chi connectivity index (χ2v) is 4.69. The predicted molar refractivity (Wildman–Crippen MR) is 72.4 cm³/mol. The number of rotatable bonds is 2. The molecule has 0 aliphatic carbocycles. The number of ether oxygens (including phenoxy) is 1. The van der Waals surface area contributed by atoms with Crippen molar-refractivity contribution in [2.45, 2.75) is 12.6 Å². The highest BCUT2D eigenvalue weighted by Crippen LogP contribution is 2.15. The van der Waals surface area contributed by atoms with Crippen LogP contribution in [0.15, 0.2) is 36.4 Å². The Labute approximate surface area is 112 Å². The van der Waals surface area contributed by atoms with Crippen LogP contribution in [-0.4, -0.2) is 35.7 Å². The Kier molecular flexibility index (Phi) is 3.41. The second-order valence-electron chi connectivity index (χ2n) is 4.69. The number of nitriles is 1. The number of para-hydroxylation sites is 1. The molecule has 96 valence electrons. The zero-order chi connectivity index (χ0) is 13.1. The van der Waals surface area contributed by atoms with Crippen molar-refractivity contribution in [1.82, 2.24) is 9.88 Å². The van der Waals surface area contributed by atoms with Crippen LogP contribution in [-0.2, 0) is 11.3 Å². The summed E-state index contributed by atoms with van der Waals surface area (Å²) in [6.45, 7) is 2.66. The molecule has 4 heteroatoms. The average Bonchev–Trinajstić information content (AvgIpc) is 2.48. The van der Waals surface area contributed by atoms with Crippen LogP contribution in [0.1, 0.15) is 5.69 Å². The first kappa shape index (κ1) is 12.1. The summed E-state index contributed by atoms with van der Waals surface area (Å²) in [5, 5.41) is 10.3. The van der Waals surface area contributed by atoms with Gasteiger partial charge in [0.05, 0.1) is 30.5 Å². The molecule has 19 heavy (non-hydrogen) atoms. The third-order valence-electron chi connectivity index (χ3n) is 3.41. The van der Waals surface area contributed by atoms with Crippen molar-refractivity contribution in [3.63, 3.8) is 0 Å². The lowest BCUT2D eigenvalue weighted by Crippen LogP contribution is -2.44. The van der Waals surface area contributed by atoms with E-state index in [-0.39, 0.29) is 6.04 Å². The first-order valence-electron chi connectivity index (χ1n) is 6.43. The molecule has 1 aromatic carbocycles. The highest BCUT2D eigenvalue weighted by atomic mass is 16.5. The fraction of sp³-hybridized carbons (Fsp3) is 0.333. The Morgan fingerprint density at radius 3 is 3.11 bits per heavy atom. The van der Waals surface area contributed by atoms with Gasteiger partial charge >= 0.3 is 0 Å². The average molecular weight is 253 g/mol. The van der Waals surface area contributed by atoms with Crippen molar-refractivity contribution in [2.75, 3.05) is 19.8 Å². The topological polar surface area (TPSA) is 49.1 Å². The second kappa shape index (κ2) is 5.35. The molecule has 1 aliphatic heterocycles. The number of aromatic nitrogens is 1. The standard InChI is InChI=1S/C15H15N3O/c16-9-14-11-19-8-7-18(14)10-13-6-5-12-3-1-2-4-15(12)17-13/h1-6,14H,7-8,10-11H2. The van der Waals surface area contributed by atoms with Gasteiger partial charge in [-0.15, -0.1) is 0 Å². The van der Waals surface area contributed by atoms with Gasteiger partial charge in [-0.3, -0.25) is 9.88 Å². The third-order valence-corrected chi connectivity index (χ3v) is 3.41. The van der Waals surface area contributed by atoms with Crippen LogP contribution in [0.25, 0.3) is 10.9 Å². The monoisotopic (exact) mass is 253 g/mol. The Bertz CT molecular complexity index is 620. The first-order valence-corrected chi connectivity index (χ1v) is 6.43. The van der Waals surface area contributed by atoms with Gasteiger partial charge in [-0.1, -0.05) is 24.3 Å². The first-order chi connectivity index (χ1) is 9.36. The minimum absolute atomic E-state index is 0.165. The molecule has 0 saturated carbocycles. The van der Waals surface area contributed by atoms with Gasteiger partial charge in [0.15, 0.2) is 0 Å². The maximum absolute atomic E-state index is 9.12. The van der Waals surface area contributed by atoms with E-state index >= 15 is 0 Å². The van der Waals surface area contributed by atoms with Crippen LogP contribution < -0.4 is 0 Å². The number of pyridine rings is 1. The highest BCUT2D eigenvalue weighted by molar-refractivity contribution is 5.78. The van der Waals surface area contributed by atoms with Gasteiger partial charge in [-0.25, -0.2) is 0 Å². The molecule has 1 aromatic heterocycles. The quantitative estimate of drug-likeness (QED) is 0.821. The number of benzene rings is 1. The molecule has 1 atom stereocenters. The molecule has 1 saturated heterocycles. The number of hydrogen-bond donors (Lipinski definition) is 0. The molecule has 0 N–H and O–H groups in total. The number of fused-ring (bicyclic) bond motifs is 1. The number of nitrogens with zero attached hydrogens (tertiary/aromatic N) is 3. The Balaban J connectivity index is 1.82. The van der Waals surface area contributed by atoms with Crippen LogP contribution >= 0.6 is 0 Å². The van der Waals surface area contributed by atoms with Gasteiger partial charge in [0, 0.05) is 18.5 Å². The largest absolute Gasteiger partial charge is 0.377 e. The minimum atomic E-state index is -0.165. The fourth-order valence-electron chi connectivity index (χ4n) is 2.35. The van der Waals surface area contributed by atoms with Gasteiger partial charge in [-0.05, 0) is 12.1 Å².